The zero-order valence-electron chi connectivity index (χ0n) is 10.2. The summed E-state index contributed by atoms with van der Waals surface area (Å²) in [7, 11) is 0. The second-order valence-corrected chi connectivity index (χ2v) is 5.19. The smallest absolute Gasteiger partial charge is 0.257 e. The van der Waals surface area contributed by atoms with Crippen LogP contribution in [0.25, 0.3) is 0 Å². The van der Waals surface area contributed by atoms with Crippen molar-refractivity contribution in [2.24, 2.45) is 5.73 Å². The molecular weight excluding hydrogens is 255 g/mol. The summed E-state index contributed by atoms with van der Waals surface area (Å²) in [6.45, 7) is 2.51. The van der Waals surface area contributed by atoms with Gasteiger partial charge in [-0.1, -0.05) is 11.6 Å². The largest absolute Gasteiger partial charge is 0.336 e. The Morgan fingerprint density at radius 1 is 1.56 bits per heavy atom. The minimum atomic E-state index is -0.574. The number of carbonyl (C=O) groups is 1. The standard InChI is InChI=1S/C13H16ClFN2O/c1-8-6-10(16)4-5-17(8)13(18)11-3-2-9(14)7-12(11)15/h2-3,7-8,10H,4-6,16H2,1H3/t8-,10-/m0/s1. The molecular formula is C13H16ClFN2O. The van der Waals surface area contributed by atoms with E-state index >= 15 is 0 Å². The maximum absolute atomic E-state index is 13.7. The highest BCUT2D eigenvalue weighted by Crippen LogP contribution is 2.21. The van der Waals surface area contributed by atoms with Crippen LogP contribution in [0.4, 0.5) is 4.39 Å². The first kappa shape index (κ1) is 13.3. The van der Waals surface area contributed by atoms with Gasteiger partial charge in [0.2, 0.25) is 0 Å². The molecule has 0 spiro atoms. The molecule has 2 atom stereocenters. The van der Waals surface area contributed by atoms with E-state index in [4.69, 9.17) is 17.3 Å². The molecule has 1 amide bonds. The molecule has 1 aliphatic heterocycles. The summed E-state index contributed by atoms with van der Waals surface area (Å²) >= 11 is 5.67. The summed E-state index contributed by atoms with van der Waals surface area (Å²) in [5.74, 6) is -0.863. The number of halogens is 2. The Bertz CT molecular complexity index is 466. The second-order valence-electron chi connectivity index (χ2n) is 4.76. The fraction of sp³-hybridized carbons (Fsp3) is 0.462. The number of piperidine rings is 1. The second kappa shape index (κ2) is 5.24. The normalized spacial score (nSPS) is 24.1. The highest BCUT2D eigenvalue weighted by molar-refractivity contribution is 6.30. The van der Waals surface area contributed by atoms with Gasteiger partial charge < -0.3 is 10.6 Å². The van der Waals surface area contributed by atoms with Crippen LogP contribution in [0.3, 0.4) is 0 Å². The Balaban J connectivity index is 2.20. The van der Waals surface area contributed by atoms with Gasteiger partial charge in [-0.05, 0) is 38.0 Å². The first-order chi connectivity index (χ1) is 8.49. The maximum Gasteiger partial charge on any atom is 0.257 e. The van der Waals surface area contributed by atoms with Crippen LogP contribution in [-0.4, -0.2) is 29.4 Å². The van der Waals surface area contributed by atoms with Crippen LogP contribution in [0.1, 0.15) is 30.1 Å². The van der Waals surface area contributed by atoms with E-state index in [2.05, 4.69) is 0 Å². The first-order valence-electron chi connectivity index (χ1n) is 6.00. The molecule has 3 nitrogen and oxygen atoms in total. The van der Waals surface area contributed by atoms with Gasteiger partial charge in [0.25, 0.3) is 5.91 Å². The van der Waals surface area contributed by atoms with Crippen LogP contribution in [0, 0.1) is 5.82 Å². The van der Waals surface area contributed by atoms with Crippen LogP contribution in [0.15, 0.2) is 18.2 Å². The van der Waals surface area contributed by atoms with Gasteiger partial charge in [-0.25, -0.2) is 4.39 Å². The number of carbonyl (C=O) groups excluding carboxylic acids is 1. The van der Waals surface area contributed by atoms with Crippen molar-refractivity contribution in [3.8, 4) is 0 Å². The minimum Gasteiger partial charge on any atom is -0.336 e. The van der Waals surface area contributed by atoms with E-state index in [1.807, 2.05) is 6.92 Å². The third kappa shape index (κ3) is 2.65. The molecule has 1 saturated heterocycles. The monoisotopic (exact) mass is 270 g/mol. The Labute approximate surface area is 111 Å². The van der Waals surface area contributed by atoms with Gasteiger partial charge in [-0.15, -0.1) is 0 Å². The van der Waals surface area contributed by atoms with Crippen LogP contribution < -0.4 is 5.73 Å². The van der Waals surface area contributed by atoms with Gasteiger partial charge in [-0.3, -0.25) is 4.79 Å². The zero-order valence-corrected chi connectivity index (χ0v) is 11.0. The molecule has 1 aromatic carbocycles. The molecule has 0 unspecified atom stereocenters. The van der Waals surface area contributed by atoms with Crippen molar-refractivity contribution < 1.29 is 9.18 Å². The number of hydrogen-bond donors (Lipinski definition) is 1. The van der Waals surface area contributed by atoms with Crippen molar-refractivity contribution >= 4 is 17.5 Å². The molecule has 0 aromatic heterocycles. The van der Waals surface area contributed by atoms with Crippen molar-refractivity contribution in [3.05, 3.63) is 34.6 Å². The van der Waals surface area contributed by atoms with Gasteiger partial charge >= 0.3 is 0 Å². The lowest BCUT2D eigenvalue weighted by Crippen LogP contribution is -2.48. The summed E-state index contributed by atoms with van der Waals surface area (Å²) in [6, 6.07) is 4.28. The average molecular weight is 271 g/mol. The number of nitrogens with two attached hydrogens (primary N) is 1. The molecule has 1 fully saturated rings. The molecule has 0 bridgehead atoms. The molecule has 1 aromatic rings. The zero-order chi connectivity index (χ0) is 13.3. The Kier molecular flexibility index (Phi) is 3.88. The van der Waals surface area contributed by atoms with Crippen LogP contribution in [0.2, 0.25) is 5.02 Å². The number of likely N-dealkylation sites (tertiary alicyclic amines) is 1. The van der Waals surface area contributed by atoms with Gasteiger partial charge in [0.05, 0.1) is 5.56 Å². The Morgan fingerprint density at radius 3 is 2.89 bits per heavy atom. The molecule has 1 aliphatic rings. The maximum atomic E-state index is 13.7. The third-order valence-corrected chi connectivity index (χ3v) is 3.57. The van der Waals surface area contributed by atoms with Crippen molar-refractivity contribution in [2.75, 3.05) is 6.54 Å². The van der Waals surface area contributed by atoms with Crippen LogP contribution >= 0.6 is 11.6 Å². The Morgan fingerprint density at radius 2 is 2.28 bits per heavy atom. The number of amides is 1. The van der Waals surface area contributed by atoms with E-state index in [1.165, 1.54) is 12.1 Å². The van der Waals surface area contributed by atoms with E-state index in [0.29, 0.717) is 6.54 Å². The molecule has 2 N–H and O–H groups in total. The van der Waals surface area contributed by atoms with Gasteiger partial charge in [-0.2, -0.15) is 0 Å². The predicted molar refractivity (Wildman–Crippen MR) is 69.1 cm³/mol. The SMILES string of the molecule is C[C@H]1C[C@@H](N)CCN1C(=O)c1ccc(Cl)cc1F. The molecule has 2 rings (SSSR count). The summed E-state index contributed by atoms with van der Waals surface area (Å²) in [6.07, 6.45) is 1.51. The highest BCUT2D eigenvalue weighted by atomic mass is 35.5. The topological polar surface area (TPSA) is 46.3 Å². The molecule has 1 heterocycles. The summed E-state index contributed by atoms with van der Waals surface area (Å²) in [5, 5.41) is 0.290. The number of nitrogens with zero attached hydrogens (tertiary/aromatic N) is 1. The molecule has 0 aliphatic carbocycles. The van der Waals surface area contributed by atoms with E-state index in [9.17, 15) is 9.18 Å². The lowest BCUT2D eigenvalue weighted by Gasteiger charge is -2.36. The number of hydrogen-bond acceptors (Lipinski definition) is 2. The van der Waals surface area contributed by atoms with Crippen molar-refractivity contribution in [1.82, 2.24) is 4.90 Å². The van der Waals surface area contributed by atoms with Gasteiger partial charge in [0, 0.05) is 23.7 Å². The van der Waals surface area contributed by atoms with E-state index in [0.717, 1.165) is 18.9 Å². The van der Waals surface area contributed by atoms with Crippen molar-refractivity contribution in [3.63, 3.8) is 0 Å². The lowest BCUT2D eigenvalue weighted by molar-refractivity contribution is 0.0614. The molecule has 0 saturated carbocycles. The predicted octanol–water partition coefficient (Wildman–Crippen LogP) is 2.43. The number of benzene rings is 1. The van der Waals surface area contributed by atoms with Crippen molar-refractivity contribution in [1.29, 1.82) is 0 Å². The van der Waals surface area contributed by atoms with Gasteiger partial charge in [0.15, 0.2) is 0 Å². The molecule has 5 heteroatoms. The number of rotatable bonds is 1. The first-order valence-corrected chi connectivity index (χ1v) is 6.38. The van der Waals surface area contributed by atoms with Crippen LogP contribution in [-0.2, 0) is 0 Å². The summed E-state index contributed by atoms with van der Waals surface area (Å²) < 4.78 is 13.7. The van der Waals surface area contributed by atoms with Gasteiger partial charge in [0.1, 0.15) is 5.82 Å². The third-order valence-electron chi connectivity index (χ3n) is 3.34. The minimum absolute atomic E-state index is 0.0383. The molecule has 0 radical (unpaired) electrons. The summed E-state index contributed by atoms with van der Waals surface area (Å²) in [4.78, 5) is 13.9. The van der Waals surface area contributed by atoms with E-state index in [1.54, 1.807) is 4.90 Å². The molecule has 18 heavy (non-hydrogen) atoms. The summed E-state index contributed by atoms with van der Waals surface area (Å²) in [5.41, 5.74) is 5.92. The fourth-order valence-electron chi connectivity index (χ4n) is 2.33. The average Bonchev–Trinajstić information content (AvgIpc) is 2.28. The van der Waals surface area contributed by atoms with Crippen LogP contribution in [0.5, 0.6) is 0 Å². The Hall–Kier alpha value is -1.13. The highest BCUT2D eigenvalue weighted by Gasteiger charge is 2.28. The lowest BCUT2D eigenvalue weighted by atomic mass is 9.98. The van der Waals surface area contributed by atoms with E-state index < -0.39 is 5.82 Å². The quantitative estimate of drug-likeness (QED) is 0.852. The molecule has 98 valence electrons. The fourth-order valence-corrected chi connectivity index (χ4v) is 2.49. The van der Waals surface area contributed by atoms with Crippen molar-refractivity contribution in [2.45, 2.75) is 31.8 Å². The van der Waals surface area contributed by atoms with E-state index in [-0.39, 0.29) is 28.6 Å².